The second kappa shape index (κ2) is 7.54. The molecule has 0 radical (unpaired) electrons. The lowest BCUT2D eigenvalue weighted by Crippen LogP contribution is -2.25. The van der Waals surface area contributed by atoms with E-state index < -0.39 is 0 Å². The Morgan fingerprint density at radius 1 is 0.609 bits per heavy atom. The van der Waals surface area contributed by atoms with Crippen molar-refractivity contribution in [3.63, 3.8) is 0 Å². The number of hydrogen-bond donors (Lipinski definition) is 0. The van der Waals surface area contributed by atoms with E-state index in [1.54, 1.807) is 0 Å². The average molecular weight is 310 g/mol. The molecule has 0 amide bonds. The zero-order valence-electron chi connectivity index (χ0n) is 15.4. The van der Waals surface area contributed by atoms with Gasteiger partial charge < -0.3 is 9.80 Å². The molecule has 0 saturated carbocycles. The first-order chi connectivity index (χ1) is 10.9. The number of nitrogens with zero attached hydrogens (tertiary/aromatic N) is 2. The summed E-state index contributed by atoms with van der Waals surface area (Å²) in [6.07, 6.45) is 0.983. The van der Waals surface area contributed by atoms with Crippen LogP contribution in [0.25, 0.3) is 0 Å². The summed E-state index contributed by atoms with van der Waals surface area (Å²) < 4.78 is 0. The summed E-state index contributed by atoms with van der Waals surface area (Å²) in [6, 6.07) is 18.9. The third-order valence-electron chi connectivity index (χ3n) is 4.64. The number of anilines is 2. The van der Waals surface area contributed by atoms with Crippen LogP contribution >= 0.6 is 0 Å². The van der Waals surface area contributed by atoms with Crippen LogP contribution in [-0.2, 0) is 6.42 Å². The lowest BCUT2D eigenvalue weighted by atomic mass is 10.0. The van der Waals surface area contributed by atoms with Crippen LogP contribution in [0.1, 0.15) is 38.8 Å². The zero-order chi connectivity index (χ0) is 17.0. The van der Waals surface area contributed by atoms with E-state index in [-0.39, 0.29) is 0 Å². The highest BCUT2D eigenvalue weighted by atomic mass is 15.1. The Kier molecular flexibility index (Phi) is 5.70. The molecule has 2 aromatic rings. The van der Waals surface area contributed by atoms with Gasteiger partial charge in [0, 0.05) is 37.6 Å². The number of hydrogen-bond acceptors (Lipinski definition) is 2. The molecule has 0 bridgehead atoms. The second-order valence-corrected chi connectivity index (χ2v) is 6.92. The third kappa shape index (κ3) is 4.51. The first-order valence-electron chi connectivity index (χ1n) is 8.52. The van der Waals surface area contributed by atoms with Gasteiger partial charge in [0.1, 0.15) is 0 Å². The topological polar surface area (TPSA) is 6.48 Å². The van der Waals surface area contributed by atoms with E-state index in [2.05, 4.69) is 100 Å². The molecule has 0 spiro atoms. The standard InChI is InChI=1S/C21H30N2/c1-16(2)22(5)20-11-7-18(8-12-20)15-19-9-13-21(14-10-19)23(6)17(3)4/h7-14,16-17H,15H2,1-6H3. The van der Waals surface area contributed by atoms with Gasteiger partial charge in [0.25, 0.3) is 0 Å². The van der Waals surface area contributed by atoms with Gasteiger partial charge in [0.2, 0.25) is 0 Å². The Labute approximate surface area is 141 Å². The Bertz CT molecular complexity index is 541. The minimum atomic E-state index is 0.520. The van der Waals surface area contributed by atoms with Gasteiger partial charge >= 0.3 is 0 Å². The molecule has 0 N–H and O–H groups in total. The molecule has 0 atom stereocenters. The molecule has 0 heterocycles. The maximum Gasteiger partial charge on any atom is 0.0366 e. The smallest absolute Gasteiger partial charge is 0.0366 e. The first kappa shape index (κ1) is 17.4. The minimum absolute atomic E-state index is 0.520. The number of rotatable bonds is 6. The van der Waals surface area contributed by atoms with E-state index in [1.165, 1.54) is 22.5 Å². The highest BCUT2D eigenvalue weighted by Gasteiger charge is 2.06. The molecular weight excluding hydrogens is 280 g/mol. The normalized spacial score (nSPS) is 11.1. The molecular formula is C21H30N2. The van der Waals surface area contributed by atoms with Gasteiger partial charge in [0.15, 0.2) is 0 Å². The van der Waals surface area contributed by atoms with E-state index in [0.717, 1.165) is 6.42 Å². The van der Waals surface area contributed by atoms with Crippen molar-refractivity contribution < 1.29 is 0 Å². The van der Waals surface area contributed by atoms with Crippen LogP contribution in [0.2, 0.25) is 0 Å². The van der Waals surface area contributed by atoms with Crippen LogP contribution in [0.5, 0.6) is 0 Å². The first-order valence-corrected chi connectivity index (χ1v) is 8.52. The predicted octanol–water partition coefficient (Wildman–Crippen LogP) is 4.97. The molecule has 0 fully saturated rings. The fourth-order valence-electron chi connectivity index (χ4n) is 2.53. The summed E-state index contributed by atoms with van der Waals surface area (Å²) in [5.41, 5.74) is 5.27. The van der Waals surface area contributed by atoms with Crippen LogP contribution in [0.3, 0.4) is 0 Å². The highest BCUT2D eigenvalue weighted by molar-refractivity contribution is 5.50. The van der Waals surface area contributed by atoms with Crippen molar-refractivity contribution in [3.8, 4) is 0 Å². The molecule has 0 aliphatic heterocycles. The maximum atomic E-state index is 2.29. The summed E-state index contributed by atoms with van der Waals surface area (Å²) in [7, 11) is 4.28. The summed E-state index contributed by atoms with van der Waals surface area (Å²) in [4.78, 5) is 4.58. The van der Waals surface area contributed by atoms with E-state index in [9.17, 15) is 0 Å². The van der Waals surface area contributed by atoms with Crippen molar-refractivity contribution in [2.45, 2.75) is 46.2 Å². The van der Waals surface area contributed by atoms with Crippen molar-refractivity contribution in [3.05, 3.63) is 59.7 Å². The summed E-state index contributed by atoms with van der Waals surface area (Å²) in [6.45, 7) is 8.85. The number of benzene rings is 2. The summed E-state index contributed by atoms with van der Waals surface area (Å²) >= 11 is 0. The van der Waals surface area contributed by atoms with Gasteiger partial charge in [-0.2, -0.15) is 0 Å². The predicted molar refractivity (Wildman–Crippen MR) is 103 cm³/mol. The van der Waals surface area contributed by atoms with Crippen LogP contribution in [0.4, 0.5) is 11.4 Å². The minimum Gasteiger partial charge on any atom is -0.372 e. The Hall–Kier alpha value is -1.96. The van der Waals surface area contributed by atoms with E-state index >= 15 is 0 Å². The largest absolute Gasteiger partial charge is 0.372 e. The Balaban J connectivity index is 2.05. The van der Waals surface area contributed by atoms with Gasteiger partial charge in [-0.15, -0.1) is 0 Å². The molecule has 2 heteroatoms. The van der Waals surface area contributed by atoms with Crippen molar-refractivity contribution in [2.75, 3.05) is 23.9 Å². The van der Waals surface area contributed by atoms with Crippen molar-refractivity contribution in [2.24, 2.45) is 0 Å². The average Bonchev–Trinajstić information content (AvgIpc) is 2.54. The Morgan fingerprint density at radius 2 is 0.913 bits per heavy atom. The highest BCUT2D eigenvalue weighted by Crippen LogP contribution is 2.20. The van der Waals surface area contributed by atoms with Crippen LogP contribution in [-0.4, -0.2) is 26.2 Å². The van der Waals surface area contributed by atoms with Crippen molar-refractivity contribution in [1.82, 2.24) is 0 Å². The van der Waals surface area contributed by atoms with Crippen LogP contribution in [0, 0.1) is 0 Å². The molecule has 2 aromatic carbocycles. The Morgan fingerprint density at radius 3 is 1.17 bits per heavy atom. The SMILES string of the molecule is CC(C)N(C)c1ccc(Cc2ccc(N(C)C(C)C)cc2)cc1. The fraction of sp³-hybridized carbons (Fsp3) is 0.429. The molecule has 2 rings (SSSR count). The third-order valence-corrected chi connectivity index (χ3v) is 4.64. The van der Waals surface area contributed by atoms with Crippen LogP contribution < -0.4 is 9.80 Å². The van der Waals surface area contributed by atoms with E-state index in [1.807, 2.05) is 0 Å². The van der Waals surface area contributed by atoms with Gasteiger partial charge in [-0.25, -0.2) is 0 Å². The molecule has 0 saturated heterocycles. The van der Waals surface area contributed by atoms with Gasteiger partial charge in [-0.1, -0.05) is 24.3 Å². The molecule has 2 nitrogen and oxygen atoms in total. The summed E-state index contributed by atoms with van der Waals surface area (Å²) in [5.74, 6) is 0. The fourth-order valence-corrected chi connectivity index (χ4v) is 2.53. The second-order valence-electron chi connectivity index (χ2n) is 6.92. The van der Waals surface area contributed by atoms with Crippen molar-refractivity contribution in [1.29, 1.82) is 0 Å². The molecule has 0 aliphatic carbocycles. The lowest BCUT2D eigenvalue weighted by Gasteiger charge is -2.24. The molecule has 124 valence electrons. The molecule has 0 aromatic heterocycles. The molecule has 23 heavy (non-hydrogen) atoms. The molecule has 0 aliphatic rings. The zero-order valence-corrected chi connectivity index (χ0v) is 15.4. The van der Waals surface area contributed by atoms with E-state index in [4.69, 9.17) is 0 Å². The molecule has 0 unspecified atom stereocenters. The van der Waals surface area contributed by atoms with Gasteiger partial charge in [-0.05, 0) is 69.5 Å². The quantitative estimate of drug-likeness (QED) is 0.743. The van der Waals surface area contributed by atoms with Gasteiger partial charge in [0.05, 0.1) is 0 Å². The monoisotopic (exact) mass is 310 g/mol. The van der Waals surface area contributed by atoms with Crippen molar-refractivity contribution >= 4 is 11.4 Å². The van der Waals surface area contributed by atoms with Gasteiger partial charge in [-0.3, -0.25) is 0 Å². The summed E-state index contributed by atoms with van der Waals surface area (Å²) in [5, 5.41) is 0. The lowest BCUT2D eigenvalue weighted by molar-refractivity contribution is 0.754. The maximum absolute atomic E-state index is 2.29. The van der Waals surface area contributed by atoms with Crippen LogP contribution in [0.15, 0.2) is 48.5 Å². The van der Waals surface area contributed by atoms with E-state index in [0.29, 0.717) is 12.1 Å².